The van der Waals surface area contributed by atoms with Gasteiger partial charge >= 0.3 is 0 Å². The van der Waals surface area contributed by atoms with Gasteiger partial charge in [-0.1, -0.05) is 17.7 Å². The zero-order valence-electron chi connectivity index (χ0n) is 18.3. The standard InChI is InChI=1S/C25H27ClFN3O2/c1-15(2)28-24(31)17-6-11-21(12-7-17)30-22-14-19(26)8-3-18(22)13-23(30)29-25(32)16-4-9-20(27)10-5-16/h3-5,8-10,14-15,17,21H,6-7,11-13H2,1-2H3,(H,28,31). The molecule has 0 bridgehead atoms. The van der Waals surface area contributed by atoms with Crippen LogP contribution in [-0.2, 0) is 11.2 Å². The number of halogens is 2. The van der Waals surface area contributed by atoms with Crippen LogP contribution >= 0.6 is 11.6 Å². The second-order valence-electron chi connectivity index (χ2n) is 8.83. The molecule has 2 aromatic rings. The quantitative estimate of drug-likeness (QED) is 0.692. The van der Waals surface area contributed by atoms with Crippen molar-refractivity contribution < 1.29 is 14.0 Å². The van der Waals surface area contributed by atoms with Crippen molar-refractivity contribution in [2.75, 3.05) is 4.90 Å². The maximum absolute atomic E-state index is 13.2. The summed E-state index contributed by atoms with van der Waals surface area (Å²) in [7, 11) is 0. The number of amides is 2. The van der Waals surface area contributed by atoms with Gasteiger partial charge in [0, 0.05) is 40.7 Å². The number of aliphatic imine (C=N–C) groups is 1. The van der Waals surface area contributed by atoms with E-state index in [0.29, 0.717) is 22.8 Å². The van der Waals surface area contributed by atoms with Gasteiger partial charge in [-0.3, -0.25) is 9.59 Å². The van der Waals surface area contributed by atoms with Gasteiger partial charge in [-0.15, -0.1) is 0 Å². The number of nitrogens with one attached hydrogen (secondary N) is 1. The molecule has 0 atom stereocenters. The van der Waals surface area contributed by atoms with E-state index in [1.165, 1.54) is 24.3 Å². The Morgan fingerprint density at radius 2 is 1.78 bits per heavy atom. The molecule has 4 rings (SSSR count). The Kier molecular flexibility index (Phi) is 6.60. The third kappa shape index (κ3) is 4.85. The minimum Gasteiger partial charge on any atom is -0.354 e. The normalized spacial score (nSPS) is 21.7. The molecule has 2 aromatic carbocycles. The first-order chi connectivity index (χ1) is 15.3. The van der Waals surface area contributed by atoms with Gasteiger partial charge < -0.3 is 10.2 Å². The third-order valence-corrected chi connectivity index (χ3v) is 6.35. The molecular formula is C25H27ClFN3O2. The molecule has 1 aliphatic heterocycles. The van der Waals surface area contributed by atoms with Gasteiger partial charge in [0.2, 0.25) is 5.91 Å². The highest BCUT2D eigenvalue weighted by atomic mass is 35.5. The van der Waals surface area contributed by atoms with Crippen LogP contribution in [0.15, 0.2) is 47.5 Å². The predicted octanol–water partition coefficient (Wildman–Crippen LogP) is 5.16. The number of carbonyl (C=O) groups is 2. The van der Waals surface area contributed by atoms with Crippen molar-refractivity contribution in [3.63, 3.8) is 0 Å². The van der Waals surface area contributed by atoms with E-state index in [9.17, 15) is 14.0 Å². The van der Waals surface area contributed by atoms with Crippen molar-refractivity contribution in [2.24, 2.45) is 10.9 Å². The maximum Gasteiger partial charge on any atom is 0.278 e. The van der Waals surface area contributed by atoms with Crippen molar-refractivity contribution in [1.82, 2.24) is 5.32 Å². The molecule has 1 aliphatic carbocycles. The fraction of sp³-hybridized carbons (Fsp3) is 0.400. The molecule has 32 heavy (non-hydrogen) atoms. The molecule has 7 heteroatoms. The highest BCUT2D eigenvalue weighted by molar-refractivity contribution is 6.31. The lowest BCUT2D eigenvalue weighted by Crippen LogP contribution is -2.44. The summed E-state index contributed by atoms with van der Waals surface area (Å²) in [6.45, 7) is 3.94. The van der Waals surface area contributed by atoms with Crippen LogP contribution in [0.3, 0.4) is 0 Å². The van der Waals surface area contributed by atoms with E-state index in [0.717, 1.165) is 36.9 Å². The summed E-state index contributed by atoms with van der Waals surface area (Å²) in [6, 6.07) is 11.4. The third-order valence-electron chi connectivity index (χ3n) is 6.12. The Labute approximate surface area is 192 Å². The number of benzene rings is 2. The number of carbonyl (C=O) groups excluding carboxylic acids is 2. The summed E-state index contributed by atoms with van der Waals surface area (Å²) < 4.78 is 13.2. The van der Waals surface area contributed by atoms with Gasteiger partial charge in [-0.2, -0.15) is 4.99 Å². The lowest BCUT2D eigenvalue weighted by atomic mass is 9.84. The molecule has 0 radical (unpaired) electrons. The van der Waals surface area contributed by atoms with E-state index < -0.39 is 11.7 Å². The Balaban J connectivity index is 1.57. The van der Waals surface area contributed by atoms with Crippen LogP contribution in [0.2, 0.25) is 5.02 Å². The maximum atomic E-state index is 13.2. The van der Waals surface area contributed by atoms with Gasteiger partial charge in [-0.05, 0) is 81.5 Å². The second kappa shape index (κ2) is 9.41. The molecular weight excluding hydrogens is 429 g/mol. The molecule has 0 unspecified atom stereocenters. The summed E-state index contributed by atoms with van der Waals surface area (Å²) in [5.74, 6) is 0.0117. The summed E-state index contributed by atoms with van der Waals surface area (Å²) >= 11 is 6.28. The van der Waals surface area contributed by atoms with Crippen molar-refractivity contribution in [2.45, 2.75) is 58.0 Å². The minimum absolute atomic E-state index is 0.0105. The zero-order chi connectivity index (χ0) is 22.8. The number of amidine groups is 1. The molecule has 5 nitrogen and oxygen atoms in total. The Hall–Kier alpha value is -2.73. The minimum atomic E-state index is -0.395. The van der Waals surface area contributed by atoms with Crippen molar-refractivity contribution in [1.29, 1.82) is 0 Å². The fourth-order valence-corrected chi connectivity index (χ4v) is 4.75. The van der Waals surface area contributed by atoms with Crippen LogP contribution in [0.5, 0.6) is 0 Å². The van der Waals surface area contributed by atoms with Gasteiger partial charge in [0.05, 0.1) is 0 Å². The number of hydrogen-bond donors (Lipinski definition) is 1. The molecule has 1 N–H and O–H groups in total. The van der Waals surface area contributed by atoms with Crippen LogP contribution in [0.25, 0.3) is 0 Å². The summed E-state index contributed by atoms with van der Waals surface area (Å²) in [4.78, 5) is 31.8. The number of anilines is 1. The average Bonchev–Trinajstić information content (AvgIpc) is 3.10. The van der Waals surface area contributed by atoms with Crippen LogP contribution in [0.4, 0.5) is 10.1 Å². The Morgan fingerprint density at radius 1 is 1.09 bits per heavy atom. The molecule has 0 aromatic heterocycles. The first-order valence-corrected chi connectivity index (χ1v) is 11.4. The number of rotatable bonds is 4. The van der Waals surface area contributed by atoms with Crippen LogP contribution < -0.4 is 10.2 Å². The lowest BCUT2D eigenvalue weighted by Gasteiger charge is -2.36. The highest BCUT2D eigenvalue weighted by Gasteiger charge is 2.36. The summed E-state index contributed by atoms with van der Waals surface area (Å²) in [6.07, 6.45) is 3.76. The van der Waals surface area contributed by atoms with Crippen molar-refractivity contribution in [3.8, 4) is 0 Å². The molecule has 1 fully saturated rings. The second-order valence-corrected chi connectivity index (χ2v) is 9.27. The molecule has 0 spiro atoms. The van der Waals surface area contributed by atoms with Gasteiger partial charge in [0.25, 0.3) is 5.91 Å². The summed E-state index contributed by atoms with van der Waals surface area (Å²) in [5, 5.41) is 3.64. The van der Waals surface area contributed by atoms with E-state index in [2.05, 4.69) is 15.2 Å². The Bertz CT molecular complexity index is 1040. The predicted molar refractivity (Wildman–Crippen MR) is 125 cm³/mol. The zero-order valence-corrected chi connectivity index (χ0v) is 19.0. The summed E-state index contributed by atoms with van der Waals surface area (Å²) in [5.41, 5.74) is 2.39. The van der Waals surface area contributed by atoms with Gasteiger partial charge in [0.1, 0.15) is 11.7 Å². The van der Waals surface area contributed by atoms with Gasteiger partial charge in [0.15, 0.2) is 0 Å². The SMILES string of the molecule is CC(C)NC(=O)C1CCC(N2C(=NC(=O)c3ccc(F)cc3)Cc3ccc(Cl)cc32)CC1. The highest BCUT2D eigenvalue weighted by Crippen LogP contribution is 2.38. The van der Waals surface area contributed by atoms with E-state index in [1.54, 1.807) is 0 Å². The molecule has 2 aliphatic rings. The van der Waals surface area contributed by atoms with Crippen LogP contribution in [0, 0.1) is 11.7 Å². The smallest absolute Gasteiger partial charge is 0.278 e. The van der Waals surface area contributed by atoms with Crippen LogP contribution in [0.1, 0.15) is 55.5 Å². The van der Waals surface area contributed by atoms with Crippen molar-refractivity contribution in [3.05, 3.63) is 64.4 Å². The van der Waals surface area contributed by atoms with E-state index in [-0.39, 0.29) is 23.9 Å². The molecule has 168 valence electrons. The first-order valence-electron chi connectivity index (χ1n) is 11.1. The van der Waals surface area contributed by atoms with E-state index in [4.69, 9.17) is 11.6 Å². The Morgan fingerprint density at radius 3 is 2.44 bits per heavy atom. The molecule has 0 saturated heterocycles. The number of hydrogen-bond acceptors (Lipinski definition) is 2. The topological polar surface area (TPSA) is 61.8 Å². The molecule has 2 amide bonds. The fourth-order valence-electron chi connectivity index (χ4n) is 4.58. The largest absolute Gasteiger partial charge is 0.354 e. The number of fused-ring (bicyclic) bond motifs is 1. The number of nitrogens with zero attached hydrogens (tertiary/aromatic N) is 2. The van der Waals surface area contributed by atoms with Crippen LogP contribution in [-0.4, -0.2) is 29.7 Å². The lowest BCUT2D eigenvalue weighted by molar-refractivity contribution is -0.126. The van der Waals surface area contributed by atoms with Gasteiger partial charge in [-0.25, -0.2) is 4.39 Å². The van der Waals surface area contributed by atoms with Crippen molar-refractivity contribution >= 4 is 34.9 Å². The first kappa shape index (κ1) is 22.5. The molecule has 1 saturated carbocycles. The monoisotopic (exact) mass is 455 g/mol. The average molecular weight is 456 g/mol. The molecule has 1 heterocycles. The van der Waals surface area contributed by atoms with E-state index in [1.807, 2.05) is 32.0 Å². The van der Waals surface area contributed by atoms with E-state index >= 15 is 0 Å².